The highest BCUT2D eigenvalue weighted by molar-refractivity contribution is 5.82. The second kappa shape index (κ2) is 6.87. The summed E-state index contributed by atoms with van der Waals surface area (Å²) >= 11 is 0. The first-order valence-electron chi connectivity index (χ1n) is 5.11. The minimum atomic E-state index is -0.401. The smallest absolute Gasteiger partial charge is 0.331 e. The zero-order valence-corrected chi connectivity index (χ0v) is 9.43. The van der Waals surface area contributed by atoms with E-state index in [-0.39, 0.29) is 0 Å². The number of hydrogen-bond donors (Lipinski definition) is 0. The Labute approximate surface area is 100 Å². The molecule has 0 aliphatic carbocycles. The summed E-state index contributed by atoms with van der Waals surface area (Å²) < 4.78 is 4.69. The molecule has 0 atom stereocenters. The third-order valence-corrected chi connectivity index (χ3v) is 1.82. The number of hydrogen-bond acceptors (Lipinski definition) is 3. The van der Waals surface area contributed by atoms with Gasteiger partial charge in [0.05, 0.1) is 18.2 Å². The van der Waals surface area contributed by atoms with Crippen LogP contribution in [0.15, 0.2) is 36.4 Å². The van der Waals surface area contributed by atoms with Crippen molar-refractivity contribution in [1.82, 2.24) is 0 Å². The van der Waals surface area contributed by atoms with Crippen molar-refractivity contribution in [2.45, 2.75) is 6.92 Å². The highest BCUT2D eigenvalue weighted by Crippen LogP contribution is 2.01. The van der Waals surface area contributed by atoms with Crippen molar-refractivity contribution in [1.29, 1.82) is 5.26 Å². The topological polar surface area (TPSA) is 50.1 Å². The third-order valence-electron chi connectivity index (χ3n) is 1.82. The molecule has 0 bridgehead atoms. The van der Waals surface area contributed by atoms with E-state index in [4.69, 9.17) is 10.00 Å². The number of carbonyl (C=O) groups is 1. The fourth-order valence-corrected chi connectivity index (χ4v) is 1.05. The summed E-state index contributed by atoms with van der Waals surface area (Å²) in [7, 11) is 0. The number of nitrogens with zero attached hydrogens (tertiary/aromatic N) is 1. The second-order valence-corrected chi connectivity index (χ2v) is 3.04. The summed E-state index contributed by atoms with van der Waals surface area (Å²) in [6.45, 7) is 2.10. The molecule has 84 valence electrons. The molecule has 0 aliphatic rings. The molecule has 0 unspecified atom stereocenters. The maximum atomic E-state index is 10.9. The van der Waals surface area contributed by atoms with Crippen LogP contribution in [0.4, 0.5) is 0 Å². The van der Waals surface area contributed by atoms with Crippen LogP contribution in [0, 0.1) is 23.2 Å². The second-order valence-electron chi connectivity index (χ2n) is 3.04. The zero-order valence-electron chi connectivity index (χ0n) is 9.43. The van der Waals surface area contributed by atoms with Gasteiger partial charge in [-0.3, -0.25) is 0 Å². The van der Waals surface area contributed by atoms with Crippen LogP contribution in [0.3, 0.4) is 0 Å². The number of allylic oxidation sites excluding steroid dienone is 1. The molecule has 0 amide bonds. The first-order valence-corrected chi connectivity index (χ1v) is 5.11. The van der Waals surface area contributed by atoms with Crippen LogP contribution in [0.2, 0.25) is 0 Å². The fraction of sp³-hybridized carbons (Fsp3) is 0.143. The Hall–Kier alpha value is -2.52. The molecular weight excluding hydrogens is 214 g/mol. The molecule has 1 aromatic carbocycles. The van der Waals surface area contributed by atoms with Crippen molar-refractivity contribution in [2.75, 3.05) is 6.61 Å². The van der Waals surface area contributed by atoms with Gasteiger partial charge in [-0.2, -0.15) is 5.26 Å². The van der Waals surface area contributed by atoms with Crippen LogP contribution in [0.5, 0.6) is 0 Å². The van der Waals surface area contributed by atoms with Gasteiger partial charge in [-0.1, -0.05) is 11.8 Å². The Bertz CT molecular complexity index is 510. The summed E-state index contributed by atoms with van der Waals surface area (Å²) in [4.78, 5) is 10.9. The molecule has 0 saturated carbocycles. The average Bonchev–Trinajstić information content (AvgIpc) is 2.36. The molecule has 3 heteroatoms. The zero-order chi connectivity index (χ0) is 12.5. The molecule has 0 spiro atoms. The Kier molecular flexibility index (Phi) is 5.07. The van der Waals surface area contributed by atoms with Crippen LogP contribution in [-0.4, -0.2) is 12.6 Å². The van der Waals surface area contributed by atoms with E-state index in [0.29, 0.717) is 12.2 Å². The summed E-state index contributed by atoms with van der Waals surface area (Å²) in [6.07, 6.45) is 2.72. The molecule has 0 heterocycles. The SMILES string of the molecule is CCOC(=O)C=CC#Cc1ccc(C#N)cc1. The van der Waals surface area contributed by atoms with Gasteiger partial charge in [0.1, 0.15) is 0 Å². The quantitative estimate of drug-likeness (QED) is 0.439. The minimum absolute atomic E-state index is 0.353. The number of carbonyl (C=O) groups excluding carboxylic acids is 1. The number of nitriles is 1. The number of ether oxygens (including phenoxy) is 1. The molecule has 0 N–H and O–H groups in total. The Balaban J connectivity index is 2.60. The van der Waals surface area contributed by atoms with E-state index in [1.54, 1.807) is 31.2 Å². The first kappa shape index (κ1) is 12.5. The van der Waals surface area contributed by atoms with Crippen LogP contribution in [-0.2, 0) is 9.53 Å². The third kappa shape index (κ3) is 4.68. The lowest BCUT2D eigenvalue weighted by atomic mass is 10.1. The number of benzene rings is 1. The van der Waals surface area contributed by atoms with Gasteiger partial charge in [0.15, 0.2) is 0 Å². The highest BCUT2D eigenvalue weighted by atomic mass is 16.5. The number of rotatable bonds is 2. The van der Waals surface area contributed by atoms with Gasteiger partial charge >= 0.3 is 5.97 Å². The van der Waals surface area contributed by atoms with Gasteiger partial charge in [-0.15, -0.1) is 0 Å². The predicted octanol–water partition coefficient (Wildman–Crippen LogP) is 2.03. The van der Waals surface area contributed by atoms with Crippen molar-refractivity contribution >= 4 is 5.97 Å². The maximum Gasteiger partial charge on any atom is 0.331 e. The Morgan fingerprint density at radius 1 is 1.35 bits per heavy atom. The van der Waals surface area contributed by atoms with Crippen molar-refractivity contribution in [2.24, 2.45) is 0 Å². The summed E-state index contributed by atoms with van der Waals surface area (Å²) in [5, 5.41) is 8.61. The van der Waals surface area contributed by atoms with Crippen LogP contribution >= 0.6 is 0 Å². The van der Waals surface area contributed by atoms with Crippen LogP contribution in [0.25, 0.3) is 0 Å². The van der Waals surface area contributed by atoms with Crippen molar-refractivity contribution < 1.29 is 9.53 Å². The van der Waals surface area contributed by atoms with E-state index < -0.39 is 5.97 Å². The van der Waals surface area contributed by atoms with Crippen LogP contribution in [0.1, 0.15) is 18.1 Å². The van der Waals surface area contributed by atoms with Gasteiger partial charge in [0, 0.05) is 11.6 Å². The van der Waals surface area contributed by atoms with E-state index in [9.17, 15) is 4.79 Å². The van der Waals surface area contributed by atoms with Crippen LogP contribution < -0.4 is 0 Å². The van der Waals surface area contributed by atoms with E-state index >= 15 is 0 Å². The molecular formula is C14H11NO2. The Morgan fingerprint density at radius 2 is 2.00 bits per heavy atom. The van der Waals surface area contributed by atoms with Crippen molar-refractivity contribution in [3.05, 3.63) is 47.5 Å². The minimum Gasteiger partial charge on any atom is -0.463 e. The Morgan fingerprint density at radius 3 is 2.59 bits per heavy atom. The van der Waals surface area contributed by atoms with Gasteiger partial charge < -0.3 is 4.74 Å². The summed E-state index contributed by atoms with van der Waals surface area (Å²) in [5.41, 5.74) is 1.38. The lowest BCUT2D eigenvalue weighted by Gasteiger charge is -1.92. The fourth-order valence-electron chi connectivity index (χ4n) is 1.05. The molecule has 0 radical (unpaired) electrons. The number of esters is 1. The molecule has 1 aromatic rings. The van der Waals surface area contributed by atoms with E-state index in [1.807, 2.05) is 6.07 Å². The largest absolute Gasteiger partial charge is 0.463 e. The monoisotopic (exact) mass is 225 g/mol. The van der Waals surface area contributed by atoms with E-state index in [1.165, 1.54) is 12.2 Å². The lowest BCUT2D eigenvalue weighted by molar-refractivity contribution is -0.137. The van der Waals surface area contributed by atoms with Gasteiger partial charge in [-0.25, -0.2) is 4.79 Å². The predicted molar refractivity (Wildman–Crippen MR) is 63.8 cm³/mol. The highest BCUT2D eigenvalue weighted by Gasteiger charge is 1.90. The standard InChI is InChI=1S/C14H11NO2/c1-2-17-14(16)6-4-3-5-12-7-9-13(11-15)10-8-12/h4,6-10H,2H2,1H3. The van der Waals surface area contributed by atoms with Crippen molar-refractivity contribution in [3.8, 4) is 17.9 Å². The first-order chi connectivity index (χ1) is 8.26. The van der Waals surface area contributed by atoms with Gasteiger partial charge in [0.25, 0.3) is 0 Å². The lowest BCUT2D eigenvalue weighted by Crippen LogP contribution is -1.98. The van der Waals surface area contributed by atoms with Gasteiger partial charge in [-0.05, 0) is 37.3 Å². The molecule has 3 nitrogen and oxygen atoms in total. The maximum absolute atomic E-state index is 10.9. The molecule has 1 rings (SSSR count). The van der Waals surface area contributed by atoms with E-state index in [2.05, 4.69) is 11.8 Å². The normalized spacial score (nSPS) is 9.18. The molecule has 17 heavy (non-hydrogen) atoms. The molecule has 0 aliphatic heterocycles. The summed E-state index contributed by atoms with van der Waals surface area (Å²) in [6, 6.07) is 8.92. The molecule has 0 aromatic heterocycles. The van der Waals surface area contributed by atoms with Crippen molar-refractivity contribution in [3.63, 3.8) is 0 Å². The average molecular weight is 225 g/mol. The van der Waals surface area contributed by atoms with E-state index in [0.717, 1.165) is 5.56 Å². The molecule has 0 saturated heterocycles. The van der Waals surface area contributed by atoms with Gasteiger partial charge in [0.2, 0.25) is 0 Å². The summed E-state index contributed by atoms with van der Waals surface area (Å²) in [5.74, 6) is 5.15. The molecule has 0 fully saturated rings.